The maximum atomic E-state index is 5.07. The third-order valence-corrected chi connectivity index (χ3v) is 1.30. The average Bonchev–Trinajstić information content (AvgIpc) is 2.08. The average molecular weight is 177 g/mol. The Morgan fingerprint density at radius 1 is 1.46 bits per heavy atom. The molecule has 1 heterocycles. The fraction of sp³-hybridized carbons (Fsp3) is 0.125. The van der Waals surface area contributed by atoms with Crippen LogP contribution in [0.25, 0.3) is 0 Å². The lowest BCUT2D eigenvalue weighted by Gasteiger charge is -1.91. The molecule has 0 aromatic carbocycles. The van der Waals surface area contributed by atoms with Crippen molar-refractivity contribution < 1.29 is 0 Å². The van der Waals surface area contributed by atoms with E-state index in [2.05, 4.69) is 15.2 Å². The second kappa shape index (κ2) is 4.20. The number of hydrogen-bond acceptors (Lipinski definition) is 3. The first kappa shape index (κ1) is 9.18. The molecule has 1 aromatic heterocycles. The van der Waals surface area contributed by atoms with E-state index in [9.17, 15) is 0 Å². The molecule has 0 atom stereocenters. The molecule has 0 spiro atoms. The molecular formula is C8H11N5. The first-order chi connectivity index (χ1) is 6.18. The van der Waals surface area contributed by atoms with Gasteiger partial charge in [-0.1, -0.05) is 6.07 Å². The van der Waals surface area contributed by atoms with Gasteiger partial charge in [-0.05, 0) is 18.6 Å². The van der Waals surface area contributed by atoms with Gasteiger partial charge >= 0.3 is 0 Å². The third-order valence-electron chi connectivity index (χ3n) is 1.30. The van der Waals surface area contributed by atoms with Crippen molar-refractivity contribution in [1.82, 2.24) is 4.98 Å². The normalized spacial score (nSPS) is 10.2. The van der Waals surface area contributed by atoms with Gasteiger partial charge in [0.15, 0.2) is 0 Å². The van der Waals surface area contributed by atoms with Crippen LogP contribution in [0.3, 0.4) is 0 Å². The lowest BCUT2D eigenvalue weighted by Crippen LogP contribution is -2.21. The van der Waals surface area contributed by atoms with Gasteiger partial charge < -0.3 is 11.5 Å². The maximum absolute atomic E-state index is 5.07. The van der Waals surface area contributed by atoms with E-state index in [-0.39, 0.29) is 5.96 Å². The van der Waals surface area contributed by atoms with Crippen molar-refractivity contribution in [1.29, 1.82) is 0 Å². The molecule has 0 bridgehead atoms. The van der Waals surface area contributed by atoms with E-state index in [1.807, 2.05) is 19.1 Å². The Bertz CT molecular complexity index is 321. The first-order valence-electron chi connectivity index (χ1n) is 3.73. The molecule has 0 amide bonds. The number of rotatable bonds is 2. The van der Waals surface area contributed by atoms with Crippen LogP contribution in [-0.2, 0) is 0 Å². The maximum Gasteiger partial charge on any atom is 0.211 e. The standard InChI is InChI=1S/C8H11N5/c1-6-2-3-7(11-4-6)5-12-13-8(9)10/h2-5H,1H3,(H4,9,10,13)/b12-5+. The second-order valence-corrected chi connectivity index (χ2v) is 2.53. The summed E-state index contributed by atoms with van der Waals surface area (Å²) in [5, 5.41) is 7.07. The van der Waals surface area contributed by atoms with Crippen molar-refractivity contribution in [3.05, 3.63) is 29.6 Å². The van der Waals surface area contributed by atoms with Crippen molar-refractivity contribution in [3.8, 4) is 0 Å². The zero-order valence-electron chi connectivity index (χ0n) is 7.31. The van der Waals surface area contributed by atoms with Crippen LogP contribution < -0.4 is 11.5 Å². The fourth-order valence-corrected chi connectivity index (χ4v) is 0.710. The van der Waals surface area contributed by atoms with Crippen LogP contribution in [0.4, 0.5) is 0 Å². The minimum absolute atomic E-state index is 0.0663. The molecule has 1 rings (SSSR count). The minimum Gasteiger partial charge on any atom is -0.369 e. The van der Waals surface area contributed by atoms with Gasteiger partial charge in [0, 0.05) is 6.20 Å². The van der Waals surface area contributed by atoms with Crippen LogP contribution in [0.5, 0.6) is 0 Å². The summed E-state index contributed by atoms with van der Waals surface area (Å²) in [5.74, 6) is -0.0663. The molecule has 68 valence electrons. The largest absolute Gasteiger partial charge is 0.369 e. The third kappa shape index (κ3) is 3.33. The Morgan fingerprint density at radius 3 is 2.77 bits per heavy atom. The quantitative estimate of drug-likeness (QED) is 0.378. The molecular weight excluding hydrogens is 166 g/mol. The molecule has 0 radical (unpaired) electrons. The van der Waals surface area contributed by atoms with Gasteiger partial charge in [-0.3, -0.25) is 4.98 Å². The Labute approximate surface area is 76.2 Å². The van der Waals surface area contributed by atoms with E-state index in [4.69, 9.17) is 11.5 Å². The zero-order valence-corrected chi connectivity index (χ0v) is 7.31. The van der Waals surface area contributed by atoms with Gasteiger partial charge in [0.25, 0.3) is 0 Å². The highest BCUT2D eigenvalue weighted by Gasteiger charge is 1.87. The van der Waals surface area contributed by atoms with Crippen LogP contribution in [0.1, 0.15) is 11.3 Å². The summed E-state index contributed by atoms with van der Waals surface area (Å²) in [7, 11) is 0. The van der Waals surface area contributed by atoms with Crippen LogP contribution in [0.2, 0.25) is 0 Å². The molecule has 4 N–H and O–H groups in total. The molecule has 5 nitrogen and oxygen atoms in total. The van der Waals surface area contributed by atoms with Crippen LogP contribution in [0.15, 0.2) is 28.5 Å². The highest BCUT2D eigenvalue weighted by molar-refractivity contribution is 5.79. The van der Waals surface area contributed by atoms with Gasteiger partial charge in [-0.25, -0.2) is 0 Å². The van der Waals surface area contributed by atoms with Gasteiger partial charge in [-0.15, -0.1) is 5.10 Å². The lowest BCUT2D eigenvalue weighted by atomic mass is 10.3. The van der Waals surface area contributed by atoms with E-state index < -0.39 is 0 Å². The van der Waals surface area contributed by atoms with Gasteiger partial charge in [0.05, 0.1) is 11.9 Å². The Balaban J connectivity index is 2.70. The molecule has 0 fully saturated rings. The van der Waals surface area contributed by atoms with Gasteiger partial charge in [0.1, 0.15) is 0 Å². The zero-order chi connectivity index (χ0) is 9.68. The Kier molecular flexibility index (Phi) is 2.97. The van der Waals surface area contributed by atoms with E-state index >= 15 is 0 Å². The fourth-order valence-electron chi connectivity index (χ4n) is 0.710. The second-order valence-electron chi connectivity index (χ2n) is 2.53. The minimum atomic E-state index is -0.0663. The Morgan fingerprint density at radius 2 is 2.23 bits per heavy atom. The van der Waals surface area contributed by atoms with E-state index in [0.29, 0.717) is 0 Å². The van der Waals surface area contributed by atoms with Crippen LogP contribution in [-0.4, -0.2) is 17.2 Å². The molecule has 0 saturated heterocycles. The summed E-state index contributed by atoms with van der Waals surface area (Å²) in [5.41, 5.74) is 12.0. The summed E-state index contributed by atoms with van der Waals surface area (Å²) in [6.45, 7) is 1.96. The van der Waals surface area contributed by atoms with E-state index in [1.165, 1.54) is 6.21 Å². The molecule has 0 aliphatic heterocycles. The van der Waals surface area contributed by atoms with Crippen molar-refractivity contribution in [2.24, 2.45) is 21.7 Å². The van der Waals surface area contributed by atoms with E-state index in [1.54, 1.807) is 6.20 Å². The summed E-state index contributed by atoms with van der Waals surface area (Å²) >= 11 is 0. The molecule has 5 heteroatoms. The molecule has 0 aliphatic carbocycles. The number of nitrogens with zero attached hydrogens (tertiary/aromatic N) is 3. The molecule has 1 aromatic rings. The molecule has 0 unspecified atom stereocenters. The number of aryl methyl sites for hydroxylation is 1. The van der Waals surface area contributed by atoms with E-state index in [0.717, 1.165) is 11.3 Å². The Hall–Kier alpha value is -1.91. The van der Waals surface area contributed by atoms with Crippen molar-refractivity contribution in [2.75, 3.05) is 0 Å². The number of nitrogens with two attached hydrogens (primary N) is 2. The summed E-state index contributed by atoms with van der Waals surface area (Å²) in [4.78, 5) is 4.07. The summed E-state index contributed by atoms with van der Waals surface area (Å²) in [6.07, 6.45) is 3.23. The number of guanidine groups is 1. The van der Waals surface area contributed by atoms with Crippen LogP contribution >= 0.6 is 0 Å². The predicted molar refractivity (Wildman–Crippen MR) is 52.4 cm³/mol. The topological polar surface area (TPSA) is 89.6 Å². The number of aromatic nitrogens is 1. The van der Waals surface area contributed by atoms with Crippen LogP contribution in [0, 0.1) is 6.92 Å². The van der Waals surface area contributed by atoms with Crippen molar-refractivity contribution >= 4 is 12.2 Å². The number of pyridine rings is 1. The first-order valence-corrected chi connectivity index (χ1v) is 3.73. The SMILES string of the molecule is Cc1ccc(/C=N/N=C(N)N)nc1. The van der Waals surface area contributed by atoms with Crippen molar-refractivity contribution in [2.45, 2.75) is 6.92 Å². The molecule has 13 heavy (non-hydrogen) atoms. The lowest BCUT2D eigenvalue weighted by molar-refractivity contribution is 1.19. The van der Waals surface area contributed by atoms with Gasteiger partial charge in [0.2, 0.25) is 5.96 Å². The number of hydrogen-bond donors (Lipinski definition) is 2. The summed E-state index contributed by atoms with van der Waals surface area (Å²) in [6, 6.07) is 3.77. The highest BCUT2D eigenvalue weighted by atomic mass is 15.3. The highest BCUT2D eigenvalue weighted by Crippen LogP contribution is 1.95. The molecule has 0 saturated carbocycles. The predicted octanol–water partition coefficient (Wildman–Crippen LogP) is -0.00268. The monoisotopic (exact) mass is 177 g/mol. The molecule has 0 aliphatic rings. The summed E-state index contributed by atoms with van der Waals surface area (Å²) < 4.78 is 0. The van der Waals surface area contributed by atoms with Crippen molar-refractivity contribution in [3.63, 3.8) is 0 Å². The van der Waals surface area contributed by atoms with Gasteiger partial charge in [-0.2, -0.15) is 5.10 Å². The smallest absolute Gasteiger partial charge is 0.211 e.